The predicted octanol–water partition coefficient (Wildman–Crippen LogP) is 2.61. The van der Waals surface area contributed by atoms with E-state index in [1.165, 1.54) is 12.0 Å². The maximum atomic E-state index is 11.9. The minimum atomic E-state index is -0.223. The number of hydrogen-bond donors (Lipinski definition) is 3. The average molecular weight is 448 g/mol. The fourth-order valence-electron chi connectivity index (χ4n) is 3.11. The van der Waals surface area contributed by atoms with Crippen LogP contribution in [0.1, 0.15) is 23.9 Å². The highest BCUT2D eigenvalue weighted by atomic mass is 79.9. The first-order valence-corrected chi connectivity index (χ1v) is 10.3. The zero-order chi connectivity index (χ0) is 19.8. The first kappa shape index (κ1) is 20.3. The van der Waals surface area contributed by atoms with Crippen LogP contribution in [0.25, 0.3) is 0 Å². The van der Waals surface area contributed by atoms with Crippen LogP contribution in [0.3, 0.4) is 0 Å². The molecular weight excluding hydrogens is 422 g/mol. The van der Waals surface area contributed by atoms with Gasteiger partial charge in [0.05, 0.1) is 12.8 Å². The van der Waals surface area contributed by atoms with Gasteiger partial charge in [0, 0.05) is 42.4 Å². The molecule has 0 saturated carbocycles. The van der Waals surface area contributed by atoms with Crippen molar-refractivity contribution >= 4 is 33.5 Å². The number of rotatable bonds is 7. The van der Waals surface area contributed by atoms with Gasteiger partial charge in [-0.25, -0.2) is 0 Å². The van der Waals surface area contributed by atoms with Gasteiger partial charge in [-0.15, -0.1) is 0 Å². The molecule has 0 bridgehead atoms. The molecule has 3 rings (SSSR count). The molecule has 0 radical (unpaired) electrons. The maximum absolute atomic E-state index is 11.9. The van der Waals surface area contributed by atoms with Gasteiger partial charge in [0.1, 0.15) is 0 Å². The van der Waals surface area contributed by atoms with Crippen LogP contribution in [-0.4, -0.2) is 50.6 Å². The standard InChI is InChI=1S/C20H26BrN5O2/c1-2-22-20(24-11-10-23-19(27)18-4-3-13-28-18)25-16-9-12-26(14-16)17-7-5-15(21)6-8-17/h3-8,13,16H,2,9-12,14H2,1H3,(H,23,27)(H2,22,24,25). The average Bonchev–Trinajstić information content (AvgIpc) is 3.38. The molecule has 8 heteroatoms. The summed E-state index contributed by atoms with van der Waals surface area (Å²) in [6.07, 6.45) is 2.54. The van der Waals surface area contributed by atoms with Crippen molar-refractivity contribution in [2.24, 2.45) is 4.99 Å². The van der Waals surface area contributed by atoms with Gasteiger partial charge in [0.15, 0.2) is 11.7 Å². The molecule has 0 aliphatic carbocycles. The number of aliphatic imine (C=N–C) groups is 1. The molecule has 150 valence electrons. The van der Waals surface area contributed by atoms with E-state index >= 15 is 0 Å². The van der Waals surface area contributed by atoms with Gasteiger partial charge < -0.3 is 25.3 Å². The Balaban J connectivity index is 1.46. The van der Waals surface area contributed by atoms with Crippen LogP contribution in [0.4, 0.5) is 5.69 Å². The van der Waals surface area contributed by atoms with Crippen molar-refractivity contribution in [1.82, 2.24) is 16.0 Å². The molecule has 1 aliphatic rings. The Bertz CT molecular complexity index is 776. The molecule has 2 heterocycles. The van der Waals surface area contributed by atoms with Crippen molar-refractivity contribution in [3.8, 4) is 0 Å². The molecule has 0 spiro atoms. The third-order valence-electron chi connectivity index (χ3n) is 4.48. The molecule has 3 N–H and O–H groups in total. The molecule has 28 heavy (non-hydrogen) atoms. The Morgan fingerprint density at radius 2 is 2.11 bits per heavy atom. The Morgan fingerprint density at radius 3 is 2.82 bits per heavy atom. The number of nitrogens with one attached hydrogen (secondary N) is 3. The van der Waals surface area contributed by atoms with Crippen LogP contribution in [0.5, 0.6) is 0 Å². The van der Waals surface area contributed by atoms with Crippen LogP contribution in [0, 0.1) is 0 Å². The lowest BCUT2D eigenvalue weighted by Gasteiger charge is -2.20. The topological polar surface area (TPSA) is 81.9 Å². The number of amides is 1. The van der Waals surface area contributed by atoms with Crippen molar-refractivity contribution < 1.29 is 9.21 Å². The maximum Gasteiger partial charge on any atom is 0.287 e. The first-order valence-electron chi connectivity index (χ1n) is 9.52. The number of benzene rings is 1. The number of carbonyl (C=O) groups is 1. The third kappa shape index (κ3) is 5.76. The molecule has 1 atom stereocenters. The highest BCUT2D eigenvalue weighted by Gasteiger charge is 2.23. The second-order valence-corrected chi connectivity index (χ2v) is 7.46. The lowest BCUT2D eigenvalue weighted by molar-refractivity contribution is 0.0927. The summed E-state index contributed by atoms with van der Waals surface area (Å²) in [6.45, 7) is 5.71. The number of nitrogens with zero attached hydrogens (tertiary/aromatic N) is 2. The monoisotopic (exact) mass is 447 g/mol. The highest BCUT2D eigenvalue weighted by molar-refractivity contribution is 9.10. The van der Waals surface area contributed by atoms with Gasteiger partial charge in [0.25, 0.3) is 5.91 Å². The fourth-order valence-corrected chi connectivity index (χ4v) is 3.37. The summed E-state index contributed by atoms with van der Waals surface area (Å²) in [5, 5.41) is 9.57. The van der Waals surface area contributed by atoms with Gasteiger partial charge in [-0.3, -0.25) is 9.79 Å². The molecule has 1 aromatic carbocycles. The normalized spacial score (nSPS) is 16.9. The minimum Gasteiger partial charge on any atom is -0.459 e. The number of guanidine groups is 1. The summed E-state index contributed by atoms with van der Waals surface area (Å²) in [7, 11) is 0. The fraction of sp³-hybridized carbons (Fsp3) is 0.400. The SMILES string of the molecule is CCNC(=NCCNC(=O)c1ccco1)NC1CCN(c2ccc(Br)cc2)C1. The second-order valence-electron chi connectivity index (χ2n) is 6.55. The van der Waals surface area contributed by atoms with Crippen molar-refractivity contribution in [3.05, 3.63) is 52.9 Å². The number of anilines is 1. The van der Waals surface area contributed by atoms with Crippen LogP contribution in [0.2, 0.25) is 0 Å². The first-order chi connectivity index (χ1) is 13.7. The summed E-state index contributed by atoms with van der Waals surface area (Å²) >= 11 is 3.48. The molecule has 1 saturated heterocycles. The van der Waals surface area contributed by atoms with Gasteiger partial charge in [-0.2, -0.15) is 0 Å². The van der Waals surface area contributed by atoms with E-state index in [1.807, 2.05) is 6.92 Å². The van der Waals surface area contributed by atoms with Gasteiger partial charge in [0.2, 0.25) is 0 Å². The molecule has 1 aliphatic heterocycles. The Kier molecular flexibility index (Phi) is 7.36. The summed E-state index contributed by atoms with van der Waals surface area (Å²) < 4.78 is 6.16. The number of halogens is 1. The zero-order valence-corrected chi connectivity index (χ0v) is 17.5. The lowest BCUT2D eigenvalue weighted by Crippen LogP contribution is -2.45. The molecule has 7 nitrogen and oxygen atoms in total. The van der Waals surface area contributed by atoms with E-state index in [2.05, 4.69) is 66.0 Å². The number of hydrogen-bond acceptors (Lipinski definition) is 4. The molecule has 1 fully saturated rings. The Labute approximate surface area is 173 Å². The lowest BCUT2D eigenvalue weighted by atomic mass is 10.3. The molecular formula is C20H26BrN5O2. The van der Waals surface area contributed by atoms with Crippen LogP contribution in [0.15, 0.2) is 56.5 Å². The van der Waals surface area contributed by atoms with Crippen molar-refractivity contribution in [1.29, 1.82) is 0 Å². The van der Waals surface area contributed by atoms with Gasteiger partial charge in [-0.1, -0.05) is 15.9 Å². The predicted molar refractivity (Wildman–Crippen MR) is 115 cm³/mol. The van der Waals surface area contributed by atoms with Gasteiger partial charge >= 0.3 is 0 Å². The smallest absolute Gasteiger partial charge is 0.287 e. The summed E-state index contributed by atoms with van der Waals surface area (Å²) in [4.78, 5) is 18.8. The van der Waals surface area contributed by atoms with Crippen LogP contribution >= 0.6 is 15.9 Å². The van der Waals surface area contributed by atoms with Gasteiger partial charge in [-0.05, 0) is 49.7 Å². The van der Waals surface area contributed by atoms with E-state index in [4.69, 9.17) is 4.42 Å². The second kappa shape index (κ2) is 10.2. The quantitative estimate of drug-likeness (QED) is 0.345. The van der Waals surface area contributed by atoms with E-state index in [9.17, 15) is 4.79 Å². The van der Waals surface area contributed by atoms with E-state index in [-0.39, 0.29) is 5.91 Å². The summed E-state index contributed by atoms with van der Waals surface area (Å²) in [5.74, 6) is 0.865. The van der Waals surface area contributed by atoms with E-state index in [1.54, 1.807) is 12.1 Å². The van der Waals surface area contributed by atoms with Crippen molar-refractivity contribution in [3.63, 3.8) is 0 Å². The molecule has 1 amide bonds. The minimum absolute atomic E-state index is 0.223. The van der Waals surface area contributed by atoms with E-state index in [0.717, 1.165) is 36.5 Å². The number of carbonyl (C=O) groups excluding carboxylic acids is 1. The zero-order valence-electron chi connectivity index (χ0n) is 16.0. The Morgan fingerprint density at radius 1 is 1.29 bits per heavy atom. The molecule has 1 aromatic heterocycles. The Hall–Kier alpha value is -2.48. The van der Waals surface area contributed by atoms with E-state index in [0.29, 0.717) is 24.9 Å². The molecule has 2 aromatic rings. The summed E-state index contributed by atoms with van der Waals surface area (Å²) in [6, 6.07) is 12.1. The number of furan rings is 1. The highest BCUT2D eigenvalue weighted by Crippen LogP contribution is 2.22. The van der Waals surface area contributed by atoms with E-state index < -0.39 is 0 Å². The van der Waals surface area contributed by atoms with Crippen LogP contribution in [-0.2, 0) is 0 Å². The largest absolute Gasteiger partial charge is 0.459 e. The molecule has 1 unspecified atom stereocenters. The van der Waals surface area contributed by atoms with Crippen molar-refractivity contribution in [2.45, 2.75) is 19.4 Å². The van der Waals surface area contributed by atoms with Crippen LogP contribution < -0.4 is 20.9 Å². The third-order valence-corrected chi connectivity index (χ3v) is 5.01. The van der Waals surface area contributed by atoms with Crippen molar-refractivity contribution in [2.75, 3.05) is 37.6 Å². The summed E-state index contributed by atoms with van der Waals surface area (Å²) in [5.41, 5.74) is 1.23.